The number of aliphatic hydroxyl groups is 2. The fourth-order valence-electron chi connectivity index (χ4n) is 1.36. The molecule has 1 atom stereocenters. The van der Waals surface area contributed by atoms with E-state index < -0.39 is 11.1 Å². The summed E-state index contributed by atoms with van der Waals surface area (Å²) in [5.41, 5.74) is 1.57. The summed E-state index contributed by atoms with van der Waals surface area (Å²) in [6.07, 6.45) is -0.621. The van der Waals surface area contributed by atoms with E-state index in [1.54, 1.807) is 6.07 Å². The van der Waals surface area contributed by atoms with Crippen molar-refractivity contribution in [2.45, 2.75) is 31.6 Å². The number of halogens is 1. The van der Waals surface area contributed by atoms with Gasteiger partial charge in [-0.15, -0.1) is 11.6 Å². The molecule has 0 bridgehead atoms. The second-order valence-electron chi connectivity index (χ2n) is 4.27. The van der Waals surface area contributed by atoms with Crippen LogP contribution in [0.3, 0.4) is 0 Å². The molecule has 0 aliphatic carbocycles. The maximum absolute atomic E-state index is 9.90. The SMILES string of the molecule is CC(C)(Cl)NCC(O)c1cccc(CO)c1. The van der Waals surface area contributed by atoms with Crippen molar-refractivity contribution < 1.29 is 10.2 Å². The molecule has 16 heavy (non-hydrogen) atoms. The Bertz CT molecular complexity index is 336. The zero-order chi connectivity index (χ0) is 12.2. The van der Waals surface area contributed by atoms with Gasteiger partial charge in [0.25, 0.3) is 0 Å². The minimum atomic E-state index is -0.621. The number of aliphatic hydroxyl groups excluding tert-OH is 2. The van der Waals surface area contributed by atoms with Crippen LogP contribution in [-0.4, -0.2) is 21.8 Å². The molecular formula is C12H18ClNO2. The average Bonchev–Trinajstić information content (AvgIpc) is 2.25. The van der Waals surface area contributed by atoms with E-state index in [4.69, 9.17) is 16.7 Å². The highest BCUT2D eigenvalue weighted by molar-refractivity contribution is 6.23. The molecule has 0 saturated heterocycles. The van der Waals surface area contributed by atoms with Gasteiger partial charge < -0.3 is 10.2 Å². The number of alkyl halides is 1. The quantitative estimate of drug-likeness (QED) is 0.546. The summed E-state index contributed by atoms with van der Waals surface area (Å²) in [5, 5.41) is 21.9. The van der Waals surface area contributed by atoms with Gasteiger partial charge in [-0.05, 0) is 25.0 Å². The molecule has 3 N–H and O–H groups in total. The monoisotopic (exact) mass is 243 g/mol. The molecular weight excluding hydrogens is 226 g/mol. The van der Waals surface area contributed by atoms with Crippen LogP contribution in [0.25, 0.3) is 0 Å². The maximum atomic E-state index is 9.90. The van der Waals surface area contributed by atoms with Crippen molar-refractivity contribution in [3.8, 4) is 0 Å². The van der Waals surface area contributed by atoms with E-state index >= 15 is 0 Å². The van der Waals surface area contributed by atoms with Crippen LogP contribution in [0.15, 0.2) is 24.3 Å². The molecule has 0 aliphatic heterocycles. The molecule has 0 saturated carbocycles. The summed E-state index contributed by atoms with van der Waals surface area (Å²) < 4.78 is 0. The van der Waals surface area contributed by atoms with Gasteiger partial charge in [0.05, 0.1) is 17.7 Å². The van der Waals surface area contributed by atoms with Gasteiger partial charge in [0.15, 0.2) is 0 Å². The molecule has 4 heteroatoms. The Hall–Kier alpha value is -0.610. The minimum absolute atomic E-state index is 0.0189. The van der Waals surface area contributed by atoms with Crippen LogP contribution in [0.5, 0.6) is 0 Å². The van der Waals surface area contributed by atoms with Crippen LogP contribution in [0.4, 0.5) is 0 Å². The van der Waals surface area contributed by atoms with E-state index in [2.05, 4.69) is 5.32 Å². The molecule has 90 valence electrons. The standard InChI is InChI=1S/C12H18ClNO2/c1-12(2,13)14-7-11(16)10-5-3-4-9(6-10)8-15/h3-6,11,14-16H,7-8H2,1-2H3. The lowest BCUT2D eigenvalue weighted by molar-refractivity contribution is 0.168. The molecule has 0 aliphatic rings. The summed E-state index contributed by atoms with van der Waals surface area (Å²) >= 11 is 5.96. The fraction of sp³-hybridized carbons (Fsp3) is 0.500. The third-order valence-electron chi connectivity index (χ3n) is 2.23. The van der Waals surface area contributed by atoms with E-state index in [0.29, 0.717) is 6.54 Å². The van der Waals surface area contributed by atoms with Crippen molar-refractivity contribution in [1.82, 2.24) is 5.32 Å². The number of nitrogens with one attached hydrogen (secondary N) is 1. The summed E-state index contributed by atoms with van der Waals surface area (Å²) in [6, 6.07) is 7.24. The number of rotatable bonds is 5. The predicted octanol–water partition coefficient (Wildman–Crippen LogP) is 1.78. The molecule has 0 amide bonds. The van der Waals surface area contributed by atoms with Gasteiger partial charge in [-0.2, -0.15) is 0 Å². The zero-order valence-electron chi connectivity index (χ0n) is 9.57. The first-order valence-electron chi connectivity index (χ1n) is 5.24. The average molecular weight is 244 g/mol. The predicted molar refractivity (Wildman–Crippen MR) is 65.3 cm³/mol. The van der Waals surface area contributed by atoms with E-state index in [-0.39, 0.29) is 6.61 Å². The van der Waals surface area contributed by atoms with E-state index in [0.717, 1.165) is 11.1 Å². The van der Waals surface area contributed by atoms with Crippen molar-refractivity contribution >= 4 is 11.6 Å². The summed E-state index contributed by atoms with van der Waals surface area (Å²) in [4.78, 5) is -0.532. The minimum Gasteiger partial charge on any atom is -0.392 e. The number of hydrogen-bond acceptors (Lipinski definition) is 3. The first-order chi connectivity index (χ1) is 7.42. The Morgan fingerprint density at radius 3 is 2.69 bits per heavy atom. The van der Waals surface area contributed by atoms with Crippen molar-refractivity contribution in [3.63, 3.8) is 0 Å². The van der Waals surface area contributed by atoms with Crippen LogP contribution in [0.2, 0.25) is 0 Å². The largest absolute Gasteiger partial charge is 0.392 e. The van der Waals surface area contributed by atoms with Crippen LogP contribution < -0.4 is 5.32 Å². The van der Waals surface area contributed by atoms with Crippen molar-refractivity contribution in [2.75, 3.05) is 6.54 Å². The van der Waals surface area contributed by atoms with Crippen LogP contribution in [0.1, 0.15) is 31.1 Å². The molecule has 3 nitrogen and oxygen atoms in total. The third kappa shape index (κ3) is 4.49. The highest BCUT2D eigenvalue weighted by Gasteiger charge is 2.15. The topological polar surface area (TPSA) is 52.5 Å². The smallest absolute Gasteiger partial charge is 0.0915 e. The van der Waals surface area contributed by atoms with Gasteiger partial charge in [-0.3, -0.25) is 5.32 Å². The highest BCUT2D eigenvalue weighted by Crippen LogP contribution is 2.16. The second kappa shape index (κ2) is 5.64. The van der Waals surface area contributed by atoms with E-state index in [1.807, 2.05) is 32.0 Å². The lowest BCUT2D eigenvalue weighted by atomic mass is 10.1. The Labute approximate surface area is 101 Å². The Morgan fingerprint density at radius 2 is 2.12 bits per heavy atom. The van der Waals surface area contributed by atoms with Crippen LogP contribution in [-0.2, 0) is 6.61 Å². The Kier molecular flexibility index (Phi) is 4.74. The van der Waals surface area contributed by atoms with Gasteiger partial charge in [0, 0.05) is 6.54 Å². The van der Waals surface area contributed by atoms with Gasteiger partial charge in [0.1, 0.15) is 0 Å². The Balaban J connectivity index is 2.62. The molecule has 1 aromatic rings. The fourth-order valence-corrected chi connectivity index (χ4v) is 1.43. The molecule has 1 rings (SSSR count). The Morgan fingerprint density at radius 1 is 1.44 bits per heavy atom. The molecule has 0 spiro atoms. The number of hydrogen-bond donors (Lipinski definition) is 3. The zero-order valence-corrected chi connectivity index (χ0v) is 10.3. The lowest BCUT2D eigenvalue weighted by Crippen LogP contribution is -2.36. The van der Waals surface area contributed by atoms with Crippen molar-refractivity contribution in [1.29, 1.82) is 0 Å². The maximum Gasteiger partial charge on any atom is 0.0915 e. The van der Waals surface area contributed by atoms with Gasteiger partial charge in [-0.25, -0.2) is 0 Å². The summed E-state index contributed by atoms with van der Waals surface area (Å²) in [5.74, 6) is 0. The first kappa shape index (κ1) is 13.5. The molecule has 1 aromatic carbocycles. The van der Waals surface area contributed by atoms with E-state index in [1.165, 1.54) is 0 Å². The van der Waals surface area contributed by atoms with Crippen molar-refractivity contribution in [2.24, 2.45) is 0 Å². The van der Waals surface area contributed by atoms with Crippen molar-refractivity contribution in [3.05, 3.63) is 35.4 Å². The third-order valence-corrected chi connectivity index (χ3v) is 2.37. The molecule has 0 fully saturated rings. The van der Waals surface area contributed by atoms with E-state index in [9.17, 15) is 5.11 Å². The normalized spacial score (nSPS) is 13.8. The van der Waals surface area contributed by atoms with Gasteiger partial charge >= 0.3 is 0 Å². The van der Waals surface area contributed by atoms with Gasteiger partial charge in [-0.1, -0.05) is 24.3 Å². The van der Waals surface area contributed by atoms with Gasteiger partial charge in [0.2, 0.25) is 0 Å². The second-order valence-corrected chi connectivity index (χ2v) is 5.22. The summed E-state index contributed by atoms with van der Waals surface area (Å²) in [7, 11) is 0. The van der Waals surface area contributed by atoms with Crippen LogP contribution in [0, 0.1) is 0 Å². The lowest BCUT2D eigenvalue weighted by Gasteiger charge is -2.21. The molecule has 0 aromatic heterocycles. The summed E-state index contributed by atoms with van der Waals surface area (Å²) in [6.45, 7) is 4.01. The van der Waals surface area contributed by atoms with Crippen LogP contribution >= 0.6 is 11.6 Å². The first-order valence-corrected chi connectivity index (χ1v) is 5.62. The molecule has 0 radical (unpaired) electrons. The number of benzene rings is 1. The molecule has 1 unspecified atom stereocenters. The highest BCUT2D eigenvalue weighted by atomic mass is 35.5. The molecule has 0 heterocycles.